The molecule has 26 heavy (non-hydrogen) atoms. The number of benzene rings is 2. The van der Waals surface area contributed by atoms with Crippen LogP contribution in [0.2, 0.25) is 5.02 Å². The molecule has 0 unspecified atom stereocenters. The molecule has 1 heterocycles. The van der Waals surface area contributed by atoms with Crippen LogP contribution in [0.1, 0.15) is 45.2 Å². The number of piperidine rings is 1. The molecule has 1 aliphatic heterocycles. The summed E-state index contributed by atoms with van der Waals surface area (Å²) in [6, 6.07) is 13.2. The summed E-state index contributed by atoms with van der Waals surface area (Å²) >= 11 is 5.88. The normalized spacial score (nSPS) is 16.3. The van der Waals surface area contributed by atoms with Crippen LogP contribution < -0.4 is 0 Å². The minimum atomic E-state index is -1.05. The SMILES string of the molecule is O=C(O)c1cccc(C(=O)N2CCC([C@@H](O)c3ccc(Cl)cc3)CC2)c1. The first-order valence-electron chi connectivity index (χ1n) is 8.52. The van der Waals surface area contributed by atoms with Crippen LogP contribution in [0.25, 0.3) is 0 Å². The second kappa shape index (κ2) is 7.89. The number of carbonyl (C=O) groups is 2. The number of carbonyl (C=O) groups excluding carboxylic acids is 1. The van der Waals surface area contributed by atoms with E-state index in [0.29, 0.717) is 36.5 Å². The Morgan fingerprint density at radius 3 is 2.27 bits per heavy atom. The van der Waals surface area contributed by atoms with Gasteiger partial charge in [-0.2, -0.15) is 0 Å². The summed E-state index contributed by atoms with van der Waals surface area (Å²) in [4.78, 5) is 25.4. The van der Waals surface area contributed by atoms with Gasteiger partial charge in [-0.15, -0.1) is 0 Å². The van der Waals surface area contributed by atoms with E-state index >= 15 is 0 Å². The molecule has 3 rings (SSSR count). The number of hydrogen-bond donors (Lipinski definition) is 2. The third-order valence-corrected chi connectivity index (χ3v) is 5.09. The summed E-state index contributed by atoms with van der Waals surface area (Å²) in [5.41, 5.74) is 1.30. The zero-order valence-corrected chi connectivity index (χ0v) is 14.9. The maximum absolute atomic E-state index is 12.6. The molecule has 6 heteroatoms. The minimum absolute atomic E-state index is 0.0746. The van der Waals surface area contributed by atoms with Gasteiger partial charge in [0.1, 0.15) is 0 Å². The number of carboxylic acid groups (broad SMARTS) is 1. The number of nitrogens with zero attached hydrogens (tertiary/aromatic N) is 1. The Morgan fingerprint density at radius 1 is 1.04 bits per heavy atom. The maximum Gasteiger partial charge on any atom is 0.335 e. The van der Waals surface area contributed by atoms with Crippen LogP contribution in [0.15, 0.2) is 48.5 Å². The van der Waals surface area contributed by atoms with Gasteiger partial charge in [0.25, 0.3) is 5.91 Å². The molecule has 1 atom stereocenters. The molecular weight excluding hydrogens is 354 g/mol. The lowest BCUT2D eigenvalue weighted by atomic mass is 9.87. The van der Waals surface area contributed by atoms with E-state index in [1.807, 2.05) is 12.1 Å². The third-order valence-electron chi connectivity index (χ3n) is 4.84. The average molecular weight is 374 g/mol. The number of amides is 1. The van der Waals surface area contributed by atoms with Crippen molar-refractivity contribution in [2.24, 2.45) is 5.92 Å². The van der Waals surface area contributed by atoms with Crippen LogP contribution in [-0.2, 0) is 0 Å². The topological polar surface area (TPSA) is 77.8 Å². The molecule has 0 saturated carbocycles. The Morgan fingerprint density at radius 2 is 1.65 bits per heavy atom. The molecule has 1 fully saturated rings. The van der Waals surface area contributed by atoms with Crippen molar-refractivity contribution >= 4 is 23.5 Å². The highest BCUT2D eigenvalue weighted by molar-refractivity contribution is 6.30. The van der Waals surface area contributed by atoms with Crippen molar-refractivity contribution in [2.45, 2.75) is 18.9 Å². The van der Waals surface area contributed by atoms with Crippen LogP contribution in [0.3, 0.4) is 0 Å². The second-order valence-corrected chi connectivity index (χ2v) is 6.95. The summed E-state index contributed by atoms with van der Waals surface area (Å²) in [6.45, 7) is 1.07. The number of halogens is 1. The Hall–Kier alpha value is -2.37. The first-order valence-corrected chi connectivity index (χ1v) is 8.89. The molecule has 0 radical (unpaired) electrons. The third kappa shape index (κ3) is 4.06. The standard InChI is InChI=1S/C20H20ClNO4/c21-17-6-4-13(5-7-17)18(23)14-8-10-22(11-9-14)19(24)15-2-1-3-16(12-15)20(25)26/h1-7,12,14,18,23H,8-11H2,(H,25,26)/t18-/m0/s1. The molecule has 0 aliphatic carbocycles. The Kier molecular flexibility index (Phi) is 5.59. The number of likely N-dealkylation sites (tertiary alicyclic amines) is 1. The first kappa shape index (κ1) is 18.4. The van der Waals surface area contributed by atoms with Crippen molar-refractivity contribution < 1.29 is 19.8 Å². The quantitative estimate of drug-likeness (QED) is 0.857. The van der Waals surface area contributed by atoms with Gasteiger partial charge in [0.15, 0.2) is 0 Å². The minimum Gasteiger partial charge on any atom is -0.478 e. The largest absolute Gasteiger partial charge is 0.478 e. The van der Waals surface area contributed by atoms with E-state index in [4.69, 9.17) is 16.7 Å². The first-order chi connectivity index (χ1) is 12.5. The van der Waals surface area contributed by atoms with E-state index in [1.54, 1.807) is 29.2 Å². The van der Waals surface area contributed by atoms with E-state index < -0.39 is 12.1 Å². The Bertz CT molecular complexity index is 798. The maximum atomic E-state index is 12.6. The van der Waals surface area contributed by atoms with Crippen LogP contribution in [0.5, 0.6) is 0 Å². The number of aliphatic hydroxyl groups excluding tert-OH is 1. The molecule has 0 aromatic heterocycles. The zero-order chi connectivity index (χ0) is 18.7. The smallest absolute Gasteiger partial charge is 0.335 e. The van der Waals surface area contributed by atoms with Gasteiger partial charge in [-0.3, -0.25) is 4.79 Å². The van der Waals surface area contributed by atoms with Crippen LogP contribution in [-0.4, -0.2) is 40.1 Å². The number of carboxylic acids is 1. The highest BCUT2D eigenvalue weighted by Crippen LogP contribution is 2.31. The fourth-order valence-corrected chi connectivity index (χ4v) is 3.44. The molecule has 1 aliphatic rings. The Balaban J connectivity index is 1.62. The lowest BCUT2D eigenvalue weighted by molar-refractivity contribution is 0.0462. The van der Waals surface area contributed by atoms with Crippen molar-refractivity contribution in [2.75, 3.05) is 13.1 Å². The van der Waals surface area contributed by atoms with Crippen molar-refractivity contribution in [3.8, 4) is 0 Å². The summed E-state index contributed by atoms with van der Waals surface area (Å²) in [6.07, 6.45) is 0.794. The van der Waals surface area contributed by atoms with Gasteiger partial charge < -0.3 is 15.1 Å². The van der Waals surface area contributed by atoms with Crippen molar-refractivity contribution in [3.05, 3.63) is 70.2 Å². The van der Waals surface area contributed by atoms with Gasteiger partial charge >= 0.3 is 5.97 Å². The van der Waals surface area contributed by atoms with Gasteiger partial charge in [0.05, 0.1) is 11.7 Å². The van der Waals surface area contributed by atoms with Gasteiger partial charge in [0, 0.05) is 23.7 Å². The average Bonchev–Trinajstić information content (AvgIpc) is 2.67. The molecule has 1 saturated heterocycles. The van der Waals surface area contributed by atoms with Crippen molar-refractivity contribution in [1.82, 2.24) is 4.90 Å². The van der Waals surface area contributed by atoms with Gasteiger partial charge in [-0.1, -0.05) is 29.8 Å². The second-order valence-electron chi connectivity index (χ2n) is 6.51. The van der Waals surface area contributed by atoms with E-state index in [2.05, 4.69) is 0 Å². The van der Waals surface area contributed by atoms with E-state index in [-0.39, 0.29) is 17.4 Å². The van der Waals surface area contributed by atoms with E-state index in [1.165, 1.54) is 12.1 Å². The monoisotopic (exact) mass is 373 g/mol. The van der Waals surface area contributed by atoms with Crippen molar-refractivity contribution in [1.29, 1.82) is 0 Å². The molecule has 136 valence electrons. The summed E-state index contributed by atoms with van der Waals surface area (Å²) < 4.78 is 0. The summed E-state index contributed by atoms with van der Waals surface area (Å²) in [7, 11) is 0. The predicted octanol–water partition coefficient (Wildman–Crippen LogP) is 3.62. The van der Waals surface area contributed by atoms with Gasteiger partial charge in [0.2, 0.25) is 0 Å². The summed E-state index contributed by atoms with van der Waals surface area (Å²) in [5.74, 6) is -1.15. The van der Waals surface area contributed by atoms with Crippen molar-refractivity contribution in [3.63, 3.8) is 0 Å². The molecule has 0 spiro atoms. The predicted molar refractivity (Wildman–Crippen MR) is 98.4 cm³/mol. The number of hydrogen-bond acceptors (Lipinski definition) is 3. The fraction of sp³-hybridized carbons (Fsp3) is 0.300. The number of rotatable bonds is 4. The molecule has 0 bridgehead atoms. The molecule has 1 amide bonds. The van der Waals surface area contributed by atoms with Crippen LogP contribution >= 0.6 is 11.6 Å². The van der Waals surface area contributed by atoms with Crippen LogP contribution in [0.4, 0.5) is 0 Å². The molecule has 5 nitrogen and oxygen atoms in total. The van der Waals surface area contributed by atoms with E-state index in [9.17, 15) is 14.7 Å². The van der Waals surface area contributed by atoms with Crippen LogP contribution in [0, 0.1) is 5.92 Å². The molecule has 2 N–H and O–H groups in total. The van der Waals surface area contributed by atoms with Gasteiger partial charge in [-0.25, -0.2) is 4.79 Å². The molecular formula is C20H20ClNO4. The van der Waals surface area contributed by atoms with E-state index in [0.717, 1.165) is 5.56 Å². The highest BCUT2D eigenvalue weighted by atomic mass is 35.5. The summed E-state index contributed by atoms with van der Waals surface area (Å²) in [5, 5.41) is 20.3. The zero-order valence-electron chi connectivity index (χ0n) is 14.1. The van der Waals surface area contributed by atoms with Gasteiger partial charge in [-0.05, 0) is 54.7 Å². The highest BCUT2D eigenvalue weighted by Gasteiger charge is 2.28. The molecule has 2 aromatic rings. The Labute approximate surface area is 156 Å². The number of aromatic carboxylic acids is 1. The lowest BCUT2D eigenvalue weighted by Gasteiger charge is -2.34. The fourth-order valence-electron chi connectivity index (χ4n) is 3.32. The lowest BCUT2D eigenvalue weighted by Crippen LogP contribution is -2.39. The molecule has 2 aromatic carbocycles. The number of aliphatic hydroxyl groups is 1.